The van der Waals surface area contributed by atoms with Gasteiger partial charge in [-0.15, -0.1) is 0 Å². The van der Waals surface area contributed by atoms with Crippen molar-refractivity contribution in [1.82, 2.24) is 4.90 Å². The van der Waals surface area contributed by atoms with Crippen molar-refractivity contribution in [2.75, 3.05) is 20.2 Å². The normalized spacial score (nSPS) is 11.1. The van der Waals surface area contributed by atoms with Crippen molar-refractivity contribution >= 4 is 5.97 Å². The fourth-order valence-electron chi connectivity index (χ4n) is 1.85. The highest BCUT2D eigenvalue weighted by molar-refractivity contribution is 5.88. The summed E-state index contributed by atoms with van der Waals surface area (Å²) < 4.78 is 5.41. The van der Waals surface area contributed by atoms with Gasteiger partial charge in [-0.2, -0.15) is 0 Å². The Morgan fingerprint density at radius 2 is 2.11 bits per heavy atom. The van der Waals surface area contributed by atoms with Gasteiger partial charge in [-0.1, -0.05) is 0 Å². The number of aryl methyl sites for hydroxylation is 1. The zero-order valence-corrected chi connectivity index (χ0v) is 11.0. The molecule has 0 atom stereocenters. The average molecular weight is 255 g/mol. The molecule has 1 aromatic heterocycles. The molecule has 0 aliphatic heterocycles. The van der Waals surface area contributed by atoms with E-state index in [9.17, 15) is 4.79 Å². The van der Waals surface area contributed by atoms with Crippen LogP contribution in [0, 0.1) is 6.92 Å². The molecule has 5 nitrogen and oxygen atoms in total. The van der Waals surface area contributed by atoms with Crippen LogP contribution in [0.1, 0.15) is 41.1 Å². The summed E-state index contributed by atoms with van der Waals surface area (Å²) in [5.74, 6) is 0.175. The van der Waals surface area contributed by atoms with E-state index in [0.717, 1.165) is 25.8 Å². The van der Waals surface area contributed by atoms with Crippen LogP contribution in [0.4, 0.5) is 0 Å². The fraction of sp³-hybridized carbons (Fsp3) is 0.615. The number of aromatic carboxylic acids is 1. The van der Waals surface area contributed by atoms with Crippen molar-refractivity contribution in [3.05, 3.63) is 23.2 Å². The number of aliphatic hydroxyl groups excluding tert-OH is 1. The molecule has 1 heterocycles. The van der Waals surface area contributed by atoms with E-state index in [-0.39, 0.29) is 12.2 Å². The first kappa shape index (κ1) is 14.7. The molecule has 0 amide bonds. The monoisotopic (exact) mass is 255 g/mol. The second kappa shape index (κ2) is 7.18. The van der Waals surface area contributed by atoms with E-state index in [1.807, 2.05) is 7.05 Å². The second-order valence-corrected chi connectivity index (χ2v) is 4.51. The van der Waals surface area contributed by atoms with Gasteiger partial charge in [-0.25, -0.2) is 4.79 Å². The third-order valence-corrected chi connectivity index (χ3v) is 2.82. The molecule has 0 aromatic carbocycles. The smallest absolute Gasteiger partial charge is 0.339 e. The molecule has 0 aliphatic carbocycles. The van der Waals surface area contributed by atoms with Crippen LogP contribution in [0.5, 0.6) is 0 Å². The number of hydrogen-bond donors (Lipinski definition) is 2. The molecule has 102 valence electrons. The minimum atomic E-state index is -0.951. The van der Waals surface area contributed by atoms with Gasteiger partial charge in [0.25, 0.3) is 0 Å². The molecular formula is C13H21NO4. The van der Waals surface area contributed by atoms with Gasteiger partial charge in [0.05, 0.1) is 6.54 Å². The van der Waals surface area contributed by atoms with Gasteiger partial charge in [-0.3, -0.25) is 4.90 Å². The molecule has 2 N–H and O–H groups in total. The topological polar surface area (TPSA) is 73.9 Å². The lowest BCUT2D eigenvalue weighted by molar-refractivity contribution is 0.0695. The van der Waals surface area contributed by atoms with Gasteiger partial charge in [-0.05, 0) is 45.8 Å². The Morgan fingerprint density at radius 3 is 2.67 bits per heavy atom. The molecular weight excluding hydrogens is 234 g/mol. The zero-order chi connectivity index (χ0) is 13.5. The van der Waals surface area contributed by atoms with Gasteiger partial charge >= 0.3 is 5.97 Å². The first-order chi connectivity index (χ1) is 8.54. The summed E-state index contributed by atoms with van der Waals surface area (Å²) in [6.07, 6.45) is 2.85. The minimum Gasteiger partial charge on any atom is -0.478 e. The number of hydrogen-bond acceptors (Lipinski definition) is 4. The second-order valence-electron chi connectivity index (χ2n) is 4.51. The Hall–Kier alpha value is -1.33. The summed E-state index contributed by atoms with van der Waals surface area (Å²) in [7, 11) is 1.97. The lowest BCUT2D eigenvalue weighted by Gasteiger charge is -2.14. The van der Waals surface area contributed by atoms with E-state index in [1.165, 1.54) is 0 Å². The Labute approximate surface area is 107 Å². The van der Waals surface area contributed by atoms with Gasteiger partial charge in [0.1, 0.15) is 17.1 Å². The minimum absolute atomic E-state index is 0.235. The maximum Gasteiger partial charge on any atom is 0.339 e. The molecule has 0 radical (unpaired) electrons. The molecule has 1 rings (SSSR count). The molecule has 18 heavy (non-hydrogen) atoms. The first-order valence-electron chi connectivity index (χ1n) is 6.16. The van der Waals surface area contributed by atoms with Crippen LogP contribution in [0.3, 0.4) is 0 Å². The lowest BCUT2D eigenvalue weighted by atomic mass is 10.2. The van der Waals surface area contributed by atoms with Crippen molar-refractivity contribution in [3.8, 4) is 0 Å². The summed E-state index contributed by atoms with van der Waals surface area (Å²) in [6, 6.07) is 1.59. The number of carboxylic acids is 1. The summed E-state index contributed by atoms with van der Waals surface area (Å²) in [4.78, 5) is 13.0. The Kier molecular flexibility index (Phi) is 5.88. The van der Waals surface area contributed by atoms with Crippen LogP contribution in [0.25, 0.3) is 0 Å². The number of carboxylic acid groups (broad SMARTS) is 1. The van der Waals surface area contributed by atoms with Gasteiger partial charge in [0.15, 0.2) is 0 Å². The molecule has 0 bridgehead atoms. The SMILES string of the molecule is Cc1oc(CN(C)CCCCCO)cc1C(=O)O. The summed E-state index contributed by atoms with van der Waals surface area (Å²) in [5.41, 5.74) is 0.235. The Bertz CT molecular complexity index is 386. The third-order valence-electron chi connectivity index (χ3n) is 2.82. The van der Waals surface area contributed by atoms with E-state index >= 15 is 0 Å². The van der Waals surface area contributed by atoms with Crippen molar-refractivity contribution in [2.45, 2.75) is 32.7 Å². The van der Waals surface area contributed by atoms with Crippen molar-refractivity contribution in [3.63, 3.8) is 0 Å². The van der Waals surface area contributed by atoms with Crippen molar-refractivity contribution < 1.29 is 19.4 Å². The van der Waals surface area contributed by atoms with Gasteiger partial charge in [0.2, 0.25) is 0 Å². The number of unbranched alkanes of at least 4 members (excludes halogenated alkanes) is 2. The lowest BCUT2D eigenvalue weighted by Crippen LogP contribution is -2.18. The molecule has 0 saturated heterocycles. The zero-order valence-electron chi connectivity index (χ0n) is 11.0. The van der Waals surface area contributed by atoms with Crippen molar-refractivity contribution in [1.29, 1.82) is 0 Å². The van der Waals surface area contributed by atoms with Crippen LogP contribution in [-0.4, -0.2) is 41.3 Å². The summed E-state index contributed by atoms with van der Waals surface area (Å²) in [5, 5.41) is 17.6. The third kappa shape index (κ3) is 4.50. The van der Waals surface area contributed by atoms with E-state index in [0.29, 0.717) is 18.1 Å². The average Bonchev–Trinajstić information content (AvgIpc) is 2.66. The van der Waals surface area contributed by atoms with Crippen LogP contribution in [0.15, 0.2) is 10.5 Å². The number of carbonyl (C=O) groups is 1. The molecule has 0 saturated carbocycles. The summed E-state index contributed by atoms with van der Waals surface area (Å²) >= 11 is 0. The molecule has 1 aromatic rings. The number of rotatable bonds is 8. The molecule has 5 heteroatoms. The summed E-state index contributed by atoms with van der Waals surface area (Å²) in [6.45, 7) is 3.41. The number of aliphatic hydroxyl groups is 1. The highest BCUT2D eigenvalue weighted by Crippen LogP contribution is 2.16. The van der Waals surface area contributed by atoms with Gasteiger partial charge in [0, 0.05) is 6.61 Å². The van der Waals surface area contributed by atoms with Crippen LogP contribution >= 0.6 is 0 Å². The first-order valence-corrected chi connectivity index (χ1v) is 6.16. The van der Waals surface area contributed by atoms with Crippen LogP contribution in [-0.2, 0) is 6.54 Å². The van der Waals surface area contributed by atoms with Crippen LogP contribution < -0.4 is 0 Å². The Balaban J connectivity index is 2.42. The van der Waals surface area contributed by atoms with Crippen molar-refractivity contribution in [2.24, 2.45) is 0 Å². The standard InChI is InChI=1S/C13H21NO4/c1-10-12(13(16)17)8-11(18-10)9-14(2)6-4-3-5-7-15/h8,15H,3-7,9H2,1-2H3,(H,16,17). The molecule has 0 fully saturated rings. The highest BCUT2D eigenvalue weighted by Gasteiger charge is 2.14. The predicted octanol–water partition coefficient (Wildman–Crippen LogP) is 1.88. The highest BCUT2D eigenvalue weighted by atomic mass is 16.4. The van der Waals surface area contributed by atoms with E-state index in [2.05, 4.69) is 4.90 Å². The van der Waals surface area contributed by atoms with E-state index in [4.69, 9.17) is 14.6 Å². The largest absolute Gasteiger partial charge is 0.478 e. The van der Waals surface area contributed by atoms with E-state index < -0.39 is 5.97 Å². The molecule has 0 unspecified atom stereocenters. The quantitative estimate of drug-likeness (QED) is 0.694. The Morgan fingerprint density at radius 1 is 1.39 bits per heavy atom. The maximum absolute atomic E-state index is 10.9. The fourth-order valence-corrected chi connectivity index (χ4v) is 1.85. The maximum atomic E-state index is 10.9. The van der Waals surface area contributed by atoms with E-state index in [1.54, 1.807) is 13.0 Å². The van der Waals surface area contributed by atoms with Gasteiger partial charge < -0.3 is 14.6 Å². The number of nitrogens with zero attached hydrogens (tertiary/aromatic N) is 1. The molecule has 0 spiro atoms. The molecule has 0 aliphatic rings. The number of furan rings is 1. The van der Waals surface area contributed by atoms with Crippen LogP contribution in [0.2, 0.25) is 0 Å². The predicted molar refractivity (Wildman–Crippen MR) is 67.7 cm³/mol.